The Labute approximate surface area is 185 Å². The van der Waals surface area contributed by atoms with Crippen LogP contribution in [0.15, 0.2) is 77.9 Å². The first kappa shape index (κ1) is 21.8. The van der Waals surface area contributed by atoms with Crippen LogP contribution in [0, 0.1) is 0 Å². The molecule has 2 aliphatic rings. The number of fused-ring (bicyclic) bond motifs is 1. The minimum Gasteiger partial charge on any atom is -0.530 e. The van der Waals surface area contributed by atoms with Gasteiger partial charge in [0.15, 0.2) is 5.78 Å². The lowest BCUT2D eigenvalue weighted by molar-refractivity contribution is -0.857. The zero-order chi connectivity index (χ0) is 22.9. The van der Waals surface area contributed by atoms with E-state index in [1.54, 1.807) is 30.5 Å². The molecule has 0 saturated heterocycles. The van der Waals surface area contributed by atoms with Crippen molar-refractivity contribution in [2.45, 2.75) is 23.9 Å². The van der Waals surface area contributed by atoms with Gasteiger partial charge in [-0.2, -0.15) is 0 Å². The molecule has 8 nitrogen and oxygen atoms in total. The van der Waals surface area contributed by atoms with Crippen LogP contribution in [-0.2, 0) is 14.8 Å². The molecule has 4 rings (SSSR count). The van der Waals surface area contributed by atoms with Crippen LogP contribution in [-0.4, -0.2) is 44.5 Å². The molecule has 1 amide bonds. The van der Waals surface area contributed by atoms with Crippen molar-refractivity contribution in [3.05, 3.63) is 88.8 Å². The normalized spacial score (nSPS) is 22.5. The van der Waals surface area contributed by atoms with E-state index >= 15 is 0 Å². The maximum absolute atomic E-state index is 13.3. The van der Waals surface area contributed by atoms with E-state index in [1.807, 2.05) is 12.2 Å². The van der Waals surface area contributed by atoms with E-state index in [-0.39, 0.29) is 27.7 Å². The van der Waals surface area contributed by atoms with Crippen LogP contribution in [0.3, 0.4) is 0 Å². The first-order valence-electron chi connectivity index (χ1n) is 9.99. The summed E-state index contributed by atoms with van der Waals surface area (Å²) < 4.78 is 30.1. The zero-order valence-corrected chi connectivity index (χ0v) is 18.0. The fourth-order valence-corrected chi connectivity index (χ4v) is 5.02. The predicted molar refractivity (Wildman–Crippen MR) is 118 cm³/mol. The summed E-state index contributed by atoms with van der Waals surface area (Å²) in [5.41, 5.74) is 0.887. The molecule has 1 heterocycles. The molecule has 0 bridgehead atoms. The Morgan fingerprint density at radius 3 is 2.25 bits per heavy atom. The van der Waals surface area contributed by atoms with Crippen molar-refractivity contribution >= 4 is 33.2 Å². The summed E-state index contributed by atoms with van der Waals surface area (Å²) in [4.78, 5) is 38.3. The molecule has 3 unspecified atom stereocenters. The van der Waals surface area contributed by atoms with E-state index in [0.717, 1.165) is 0 Å². The van der Waals surface area contributed by atoms with Gasteiger partial charge < -0.3 is 10.0 Å². The van der Waals surface area contributed by atoms with Gasteiger partial charge in [-0.3, -0.25) is 19.3 Å². The second kappa shape index (κ2) is 8.62. The molecule has 164 valence electrons. The van der Waals surface area contributed by atoms with Crippen LogP contribution in [0.5, 0.6) is 0 Å². The number of nitrogens with zero attached hydrogens (tertiary/aromatic N) is 1. The Bertz CT molecular complexity index is 1250. The van der Waals surface area contributed by atoms with Gasteiger partial charge in [-0.1, -0.05) is 30.3 Å². The van der Waals surface area contributed by atoms with Gasteiger partial charge in [0.1, 0.15) is 22.6 Å². The first-order valence-corrected chi connectivity index (χ1v) is 11.4. The van der Waals surface area contributed by atoms with Crippen LogP contribution in [0.1, 0.15) is 27.6 Å². The molecule has 2 aromatic rings. The number of nitrogens with one attached hydrogen (secondary N) is 2. The summed E-state index contributed by atoms with van der Waals surface area (Å²) in [7, 11) is -4.25. The maximum atomic E-state index is 13.3. The number of Topliss-reactive ketones (excluding diaryl/α,β-unsaturated/α-hetero) is 2. The highest BCUT2D eigenvalue weighted by molar-refractivity contribution is 7.94. The van der Waals surface area contributed by atoms with Crippen molar-refractivity contribution in [3.63, 3.8) is 0 Å². The highest BCUT2D eigenvalue weighted by Crippen LogP contribution is 2.30. The SMILES string of the molecule is CC(=O)Nc1ccc(S(=O)(=O)[N-]C2C(=O)c3ccccc3C(=O)C2[NH+]2C=CC=CC2)cc1. The van der Waals surface area contributed by atoms with E-state index in [1.165, 1.54) is 37.3 Å². The molecular weight excluding hydrogens is 430 g/mol. The molecule has 3 atom stereocenters. The van der Waals surface area contributed by atoms with Crippen LogP contribution in [0.2, 0.25) is 0 Å². The number of allylic oxidation sites excluding steroid dienone is 2. The molecule has 0 radical (unpaired) electrons. The summed E-state index contributed by atoms with van der Waals surface area (Å²) in [6.45, 7) is 1.77. The van der Waals surface area contributed by atoms with Gasteiger partial charge in [-0.25, -0.2) is 8.42 Å². The molecule has 0 saturated carbocycles. The number of benzene rings is 2. The zero-order valence-electron chi connectivity index (χ0n) is 17.2. The lowest BCUT2D eigenvalue weighted by Gasteiger charge is -2.41. The van der Waals surface area contributed by atoms with Crippen LogP contribution in [0.4, 0.5) is 5.69 Å². The summed E-state index contributed by atoms with van der Waals surface area (Å²) in [6, 6.07) is 9.51. The Kier molecular flexibility index (Phi) is 5.88. The van der Waals surface area contributed by atoms with Crippen molar-refractivity contribution in [1.29, 1.82) is 0 Å². The number of hydrogen-bond donors (Lipinski definition) is 2. The van der Waals surface area contributed by atoms with Crippen LogP contribution < -0.4 is 10.2 Å². The number of anilines is 1. The van der Waals surface area contributed by atoms with E-state index in [2.05, 4.69) is 10.0 Å². The average molecular weight is 452 g/mol. The standard InChI is InChI=1S/C23H20N3O5S/c1-15(27)24-16-9-11-17(12-10-16)32(30,31)25-20-21(26-13-5-2-6-14-26)23(29)19-8-4-3-7-18(19)22(20)28/h2-13,20-21H,14H2,1H3,(H,24,27)/q-1/p+1. The summed E-state index contributed by atoms with van der Waals surface area (Å²) >= 11 is 0. The van der Waals surface area contributed by atoms with Crippen molar-refractivity contribution in [2.24, 2.45) is 0 Å². The number of hydrogen-bond acceptors (Lipinski definition) is 5. The number of sulfonamides is 1. The Balaban J connectivity index is 1.70. The highest BCUT2D eigenvalue weighted by Gasteiger charge is 2.43. The highest BCUT2D eigenvalue weighted by atomic mass is 32.2. The summed E-state index contributed by atoms with van der Waals surface area (Å²) in [6.07, 6.45) is 7.16. The maximum Gasteiger partial charge on any atom is 0.221 e. The smallest absolute Gasteiger partial charge is 0.221 e. The minimum absolute atomic E-state index is 0.131. The summed E-state index contributed by atoms with van der Waals surface area (Å²) in [5, 5.41) is 2.56. The molecule has 0 spiro atoms. The van der Waals surface area contributed by atoms with Crippen LogP contribution >= 0.6 is 0 Å². The lowest BCUT2D eigenvalue weighted by atomic mass is 9.82. The van der Waals surface area contributed by atoms with Gasteiger partial charge in [0.25, 0.3) is 0 Å². The molecular formula is C23H21N3O5S. The monoisotopic (exact) mass is 451 g/mol. The summed E-state index contributed by atoms with van der Waals surface area (Å²) in [5.74, 6) is -1.11. The number of rotatable bonds is 5. The van der Waals surface area contributed by atoms with Gasteiger partial charge in [0.2, 0.25) is 11.7 Å². The lowest BCUT2D eigenvalue weighted by Crippen LogP contribution is -3.14. The quantitative estimate of drug-likeness (QED) is 0.715. The third kappa shape index (κ3) is 4.18. The molecule has 0 aromatic heterocycles. The molecule has 2 aromatic carbocycles. The largest absolute Gasteiger partial charge is 0.530 e. The van der Waals surface area contributed by atoms with Gasteiger partial charge in [-0.05, 0) is 36.4 Å². The van der Waals surface area contributed by atoms with Crippen molar-refractivity contribution in [2.75, 3.05) is 11.9 Å². The number of amides is 1. The topological polar surface area (TPSA) is 116 Å². The van der Waals surface area contributed by atoms with Gasteiger partial charge >= 0.3 is 0 Å². The average Bonchev–Trinajstić information content (AvgIpc) is 2.78. The van der Waals surface area contributed by atoms with Crippen molar-refractivity contribution < 1.29 is 27.7 Å². The predicted octanol–water partition coefficient (Wildman–Crippen LogP) is 1.49. The number of carbonyl (C=O) groups is 3. The third-order valence-corrected chi connectivity index (χ3v) is 6.73. The Morgan fingerprint density at radius 2 is 1.66 bits per heavy atom. The molecule has 9 heteroatoms. The molecule has 0 fully saturated rings. The van der Waals surface area contributed by atoms with E-state index in [0.29, 0.717) is 17.1 Å². The van der Waals surface area contributed by atoms with Crippen molar-refractivity contribution in [1.82, 2.24) is 0 Å². The van der Waals surface area contributed by atoms with Gasteiger partial charge in [0.05, 0.1) is 6.20 Å². The fourth-order valence-electron chi connectivity index (χ4n) is 3.90. The van der Waals surface area contributed by atoms with Gasteiger partial charge in [-0.15, -0.1) is 0 Å². The number of quaternary nitrogens is 1. The van der Waals surface area contributed by atoms with Crippen LogP contribution in [0.25, 0.3) is 4.72 Å². The van der Waals surface area contributed by atoms with E-state index in [4.69, 9.17) is 0 Å². The fraction of sp³-hybridized carbons (Fsp3) is 0.174. The van der Waals surface area contributed by atoms with Gasteiger partial charge in [0, 0.05) is 34.7 Å². The second-order valence-electron chi connectivity index (χ2n) is 7.55. The first-order chi connectivity index (χ1) is 15.3. The molecule has 2 N–H and O–H groups in total. The number of ketones is 2. The minimum atomic E-state index is -4.25. The molecule has 1 aliphatic heterocycles. The number of carbonyl (C=O) groups excluding carboxylic acids is 3. The van der Waals surface area contributed by atoms with E-state index in [9.17, 15) is 22.8 Å². The molecule has 32 heavy (non-hydrogen) atoms. The van der Waals surface area contributed by atoms with E-state index < -0.39 is 27.9 Å². The Morgan fingerprint density at radius 1 is 1.00 bits per heavy atom. The molecule has 1 aliphatic carbocycles. The second-order valence-corrected chi connectivity index (χ2v) is 9.18. The van der Waals surface area contributed by atoms with Crippen molar-refractivity contribution in [3.8, 4) is 0 Å². The Hall–Kier alpha value is -3.40. The third-order valence-electron chi connectivity index (χ3n) is 5.36.